The van der Waals surface area contributed by atoms with Gasteiger partial charge in [-0.2, -0.15) is 43.9 Å². The first-order valence-corrected chi connectivity index (χ1v) is 11.5. The molecule has 19 heteroatoms. The van der Waals surface area contributed by atoms with E-state index in [9.17, 15) is 67.2 Å². The first kappa shape index (κ1) is 30.1. The minimum Gasteiger partial charge on any atom is -0.325 e. The standard InChI is InChI=1S/C18H10F10N2O5S2/c19-15(20,21)9-2-1-3-10(6-9)29-14(31)8-37(34,35)13-5-4-11(7-12(13)30(32)33)36-18(27,28)16(22,23)17(24,25)26/h1-7H,8H2,(H,29,31). The molecule has 1 N–H and O–H groups in total. The van der Waals surface area contributed by atoms with E-state index in [1.165, 1.54) is 0 Å². The van der Waals surface area contributed by atoms with Crippen molar-refractivity contribution in [3.8, 4) is 0 Å². The Labute approximate surface area is 203 Å². The van der Waals surface area contributed by atoms with Gasteiger partial charge in [0, 0.05) is 16.6 Å². The van der Waals surface area contributed by atoms with Crippen molar-refractivity contribution < 1.29 is 62.0 Å². The lowest BCUT2D eigenvalue weighted by atomic mass is 10.2. The zero-order valence-corrected chi connectivity index (χ0v) is 19.0. The van der Waals surface area contributed by atoms with Crippen molar-refractivity contribution >= 4 is 38.9 Å². The van der Waals surface area contributed by atoms with Gasteiger partial charge in [0.1, 0.15) is 10.6 Å². The number of amides is 1. The number of nitrogens with one attached hydrogen (secondary N) is 1. The maximum Gasteiger partial charge on any atom is 0.460 e. The zero-order chi connectivity index (χ0) is 28.6. The second-order valence-corrected chi connectivity index (χ2v) is 10.1. The molecule has 0 radical (unpaired) electrons. The van der Waals surface area contributed by atoms with E-state index in [-0.39, 0.29) is 18.2 Å². The fourth-order valence-electron chi connectivity index (χ4n) is 2.56. The number of nitro benzene ring substituents is 1. The van der Waals surface area contributed by atoms with Gasteiger partial charge in [0.2, 0.25) is 5.91 Å². The third-order valence-electron chi connectivity index (χ3n) is 4.22. The fraction of sp³-hybridized carbons (Fsp3) is 0.278. The van der Waals surface area contributed by atoms with E-state index in [4.69, 9.17) is 0 Å². The molecule has 2 aromatic rings. The lowest BCUT2D eigenvalue weighted by molar-refractivity contribution is -0.388. The molecule has 0 atom stereocenters. The number of rotatable bonds is 8. The van der Waals surface area contributed by atoms with Crippen molar-refractivity contribution in [1.29, 1.82) is 0 Å². The molecule has 2 aromatic carbocycles. The Morgan fingerprint density at radius 1 is 0.946 bits per heavy atom. The normalized spacial score (nSPS) is 13.4. The summed E-state index contributed by atoms with van der Waals surface area (Å²) in [6.45, 7) is 0. The lowest BCUT2D eigenvalue weighted by Gasteiger charge is -2.27. The van der Waals surface area contributed by atoms with Crippen LogP contribution in [0, 0.1) is 10.1 Å². The number of carbonyl (C=O) groups is 1. The van der Waals surface area contributed by atoms with Crippen LogP contribution >= 0.6 is 11.8 Å². The van der Waals surface area contributed by atoms with Crippen molar-refractivity contribution in [2.24, 2.45) is 0 Å². The van der Waals surface area contributed by atoms with Crippen molar-refractivity contribution in [1.82, 2.24) is 0 Å². The molecule has 1 amide bonds. The molecule has 0 spiro atoms. The average molecular weight is 588 g/mol. The van der Waals surface area contributed by atoms with Crippen LogP contribution in [0.4, 0.5) is 55.3 Å². The highest BCUT2D eigenvalue weighted by Gasteiger charge is 2.73. The molecule has 7 nitrogen and oxygen atoms in total. The molecule has 0 heterocycles. The molecule has 0 bridgehead atoms. The highest BCUT2D eigenvalue weighted by molar-refractivity contribution is 8.00. The van der Waals surface area contributed by atoms with Gasteiger partial charge >= 0.3 is 23.5 Å². The van der Waals surface area contributed by atoms with Gasteiger partial charge < -0.3 is 5.32 Å². The maximum atomic E-state index is 13.6. The molecule has 0 aliphatic heterocycles. The predicted octanol–water partition coefficient (Wildman–Crippen LogP) is 5.91. The van der Waals surface area contributed by atoms with Gasteiger partial charge in [-0.15, -0.1) is 0 Å². The van der Waals surface area contributed by atoms with Crippen LogP contribution in [-0.4, -0.2) is 42.4 Å². The zero-order valence-electron chi connectivity index (χ0n) is 17.3. The molecule has 0 saturated heterocycles. The summed E-state index contributed by atoms with van der Waals surface area (Å²) in [4.78, 5) is 19.3. The molecule has 0 aromatic heterocycles. The van der Waals surface area contributed by atoms with Crippen molar-refractivity contribution in [3.05, 3.63) is 58.1 Å². The number of alkyl halides is 10. The summed E-state index contributed by atoms with van der Waals surface area (Å²) in [5, 5.41) is 7.22. The molecule has 204 valence electrons. The number of nitro groups is 1. The monoisotopic (exact) mass is 588 g/mol. The fourth-order valence-corrected chi connectivity index (χ4v) is 4.71. The third-order valence-corrected chi connectivity index (χ3v) is 6.88. The van der Waals surface area contributed by atoms with Crippen LogP contribution in [0.5, 0.6) is 0 Å². The van der Waals surface area contributed by atoms with E-state index in [2.05, 4.69) is 0 Å². The topological polar surface area (TPSA) is 106 Å². The molecule has 37 heavy (non-hydrogen) atoms. The number of carbonyl (C=O) groups excluding carboxylic acids is 1. The second kappa shape index (κ2) is 9.99. The van der Waals surface area contributed by atoms with E-state index in [0.29, 0.717) is 12.1 Å². The lowest BCUT2D eigenvalue weighted by Crippen LogP contribution is -2.49. The Morgan fingerprint density at radius 2 is 1.54 bits per heavy atom. The summed E-state index contributed by atoms with van der Waals surface area (Å²) in [6.07, 6.45) is -11.5. The molecule has 0 aliphatic carbocycles. The Bertz CT molecular complexity index is 1310. The second-order valence-electron chi connectivity index (χ2n) is 6.96. The Morgan fingerprint density at radius 3 is 2.05 bits per heavy atom. The summed E-state index contributed by atoms with van der Waals surface area (Å²) >= 11 is -1.42. The molecule has 2 rings (SSSR count). The summed E-state index contributed by atoms with van der Waals surface area (Å²) in [6, 6.07) is 3.43. The van der Waals surface area contributed by atoms with Gasteiger partial charge in [-0.1, -0.05) is 6.07 Å². The number of anilines is 1. The number of nitrogens with zero attached hydrogens (tertiary/aromatic N) is 1. The number of hydrogen-bond acceptors (Lipinski definition) is 6. The van der Waals surface area contributed by atoms with Gasteiger partial charge in [0.25, 0.3) is 5.69 Å². The number of hydrogen-bond donors (Lipinski definition) is 1. The molecule has 0 fully saturated rings. The smallest absolute Gasteiger partial charge is 0.325 e. The third kappa shape index (κ3) is 6.82. The molecule has 0 saturated carbocycles. The van der Waals surface area contributed by atoms with Crippen LogP contribution in [-0.2, 0) is 20.8 Å². The van der Waals surface area contributed by atoms with E-state index < -0.39 is 88.4 Å². The van der Waals surface area contributed by atoms with Crippen LogP contribution in [0.1, 0.15) is 5.56 Å². The van der Waals surface area contributed by atoms with E-state index in [1.807, 2.05) is 5.32 Å². The minimum absolute atomic E-state index is 0.0113. The first-order valence-electron chi connectivity index (χ1n) is 9.08. The van der Waals surface area contributed by atoms with Crippen LogP contribution in [0.3, 0.4) is 0 Å². The SMILES string of the molecule is O=C(CS(=O)(=O)c1ccc(SC(F)(F)C(F)(F)C(F)(F)F)cc1[N+](=O)[O-])Nc1cccc(C(F)(F)F)c1. The van der Waals surface area contributed by atoms with Gasteiger partial charge in [-0.25, -0.2) is 8.42 Å². The number of thioether (sulfide) groups is 1. The van der Waals surface area contributed by atoms with Crippen LogP contribution in [0.15, 0.2) is 52.3 Å². The minimum atomic E-state index is -6.69. The molecular formula is C18H10F10N2O5S2. The van der Waals surface area contributed by atoms with Gasteiger partial charge in [0.05, 0.1) is 10.5 Å². The quantitative estimate of drug-likeness (QED) is 0.178. The van der Waals surface area contributed by atoms with Crippen molar-refractivity contribution in [3.63, 3.8) is 0 Å². The van der Waals surface area contributed by atoms with E-state index >= 15 is 0 Å². The van der Waals surface area contributed by atoms with Crippen LogP contribution in [0.25, 0.3) is 0 Å². The van der Waals surface area contributed by atoms with Gasteiger partial charge in [-0.3, -0.25) is 14.9 Å². The summed E-state index contributed by atoms with van der Waals surface area (Å²) in [5.41, 5.74) is -3.24. The van der Waals surface area contributed by atoms with Crippen LogP contribution in [0.2, 0.25) is 0 Å². The van der Waals surface area contributed by atoms with Gasteiger partial charge in [0.15, 0.2) is 9.84 Å². The number of sulfone groups is 1. The average Bonchev–Trinajstić information content (AvgIpc) is 2.71. The van der Waals surface area contributed by atoms with E-state index in [0.717, 1.165) is 12.1 Å². The highest BCUT2D eigenvalue weighted by atomic mass is 32.2. The van der Waals surface area contributed by atoms with Crippen LogP contribution < -0.4 is 5.32 Å². The summed E-state index contributed by atoms with van der Waals surface area (Å²) in [7, 11) is -5.01. The molecular weight excluding hydrogens is 578 g/mol. The largest absolute Gasteiger partial charge is 0.460 e. The molecule has 0 unspecified atom stereocenters. The van der Waals surface area contributed by atoms with Gasteiger partial charge in [-0.05, 0) is 42.1 Å². The maximum absolute atomic E-state index is 13.6. The number of benzene rings is 2. The number of halogens is 10. The van der Waals surface area contributed by atoms with Crippen molar-refractivity contribution in [2.75, 3.05) is 11.1 Å². The Kier molecular flexibility index (Phi) is 8.14. The highest BCUT2D eigenvalue weighted by Crippen LogP contribution is 2.54. The first-order chi connectivity index (χ1) is 16.6. The van der Waals surface area contributed by atoms with Crippen molar-refractivity contribution in [2.45, 2.75) is 33.3 Å². The summed E-state index contributed by atoms with van der Waals surface area (Å²) in [5.74, 6) is -9.63. The Balaban J connectivity index is 2.33. The van der Waals surface area contributed by atoms with E-state index in [1.54, 1.807) is 0 Å². The summed E-state index contributed by atoms with van der Waals surface area (Å²) < 4.78 is 154. The Hall–Kier alpha value is -3.09. The molecule has 0 aliphatic rings. The predicted molar refractivity (Wildman–Crippen MR) is 107 cm³/mol.